The lowest BCUT2D eigenvalue weighted by Gasteiger charge is -2.12. The Morgan fingerprint density at radius 3 is 2.42 bits per heavy atom. The van der Waals surface area contributed by atoms with E-state index >= 15 is 0 Å². The highest BCUT2D eigenvalue weighted by Crippen LogP contribution is 2.33. The van der Waals surface area contributed by atoms with Gasteiger partial charge in [-0.3, -0.25) is 14.6 Å². The molecule has 0 aliphatic carbocycles. The zero-order valence-corrected chi connectivity index (χ0v) is 16.0. The fourth-order valence-corrected chi connectivity index (χ4v) is 2.59. The van der Waals surface area contributed by atoms with Gasteiger partial charge in [0, 0.05) is 30.6 Å². The number of benzene rings is 2. The molecular formula is C21H15F4N3O3. The summed E-state index contributed by atoms with van der Waals surface area (Å²) < 4.78 is 57.6. The van der Waals surface area contributed by atoms with Crippen molar-refractivity contribution in [2.75, 3.05) is 12.4 Å². The number of hydrogen-bond donors (Lipinski definition) is 2. The maximum absolute atomic E-state index is 13.4. The van der Waals surface area contributed by atoms with Gasteiger partial charge < -0.3 is 15.4 Å². The summed E-state index contributed by atoms with van der Waals surface area (Å²) >= 11 is 0. The van der Waals surface area contributed by atoms with Crippen LogP contribution in [-0.4, -0.2) is 23.8 Å². The Balaban J connectivity index is 1.78. The molecule has 6 nitrogen and oxygen atoms in total. The molecule has 0 saturated carbocycles. The van der Waals surface area contributed by atoms with Crippen LogP contribution in [0.3, 0.4) is 0 Å². The first-order valence-electron chi connectivity index (χ1n) is 8.81. The number of amides is 2. The second-order valence-electron chi connectivity index (χ2n) is 6.23. The fraction of sp³-hybridized carbons (Fsp3) is 0.0952. The molecule has 1 heterocycles. The molecule has 2 amide bonds. The van der Waals surface area contributed by atoms with Crippen LogP contribution in [0.15, 0.2) is 60.8 Å². The van der Waals surface area contributed by atoms with Crippen molar-refractivity contribution in [1.82, 2.24) is 10.3 Å². The van der Waals surface area contributed by atoms with E-state index in [1.54, 1.807) is 6.07 Å². The van der Waals surface area contributed by atoms with Crippen molar-refractivity contribution in [2.45, 2.75) is 6.18 Å². The first-order chi connectivity index (χ1) is 14.7. The summed E-state index contributed by atoms with van der Waals surface area (Å²) in [7, 11) is 1.46. The molecule has 0 bridgehead atoms. The van der Waals surface area contributed by atoms with Crippen molar-refractivity contribution in [3.63, 3.8) is 0 Å². The molecule has 0 aliphatic heterocycles. The van der Waals surface area contributed by atoms with Crippen molar-refractivity contribution in [1.29, 1.82) is 0 Å². The lowest BCUT2D eigenvalue weighted by molar-refractivity contribution is -0.139. The van der Waals surface area contributed by atoms with E-state index in [2.05, 4.69) is 15.6 Å². The summed E-state index contributed by atoms with van der Waals surface area (Å²) in [4.78, 5) is 28.0. The van der Waals surface area contributed by atoms with Crippen molar-refractivity contribution in [2.24, 2.45) is 0 Å². The minimum Gasteiger partial charge on any atom is -0.457 e. The van der Waals surface area contributed by atoms with Crippen LogP contribution in [0.5, 0.6) is 11.5 Å². The van der Waals surface area contributed by atoms with Gasteiger partial charge in [0.25, 0.3) is 11.8 Å². The van der Waals surface area contributed by atoms with E-state index in [0.29, 0.717) is 17.9 Å². The first kappa shape index (κ1) is 21.8. The Morgan fingerprint density at radius 1 is 0.968 bits per heavy atom. The molecule has 2 aromatic carbocycles. The SMILES string of the molecule is CNC(=O)c1cc(Oc2cccc(C(=O)Nc3ccc(F)c(C(F)(F)F)c3)c2)ccn1. The lowest BCUT2D eigenvalue weighted by Crippen LogP contribution is -2.18. The number of nitrogens with zero attached hydrogens (tertiary/aromatic N) is 1. The van der Waals surface area contributed by atoms with Crippen LogP contribution in [-0.2, 0) is 6.18 Å². The number of pyridine rings is 1. The van der Waals surface area contributed by atoms with Gasteiger partial charge in [0.05, 0.1) is 5.56 Å². The molecule has 0 radical (unpaired) electrons. The highest BCUT2D eigenvalue weighted by molar-refractivity contribution is 6.04. The third-order valence-electron chi connectivity index (χ3n) is 4.05. The molecule has 0 unspecified atom stereocenters. The van der Waals surface area contributed by atoms with Crippen LogP contribution in [0.1, 0.15) is 26.4 Å². The number of aromatic nitrogens is 1. The van der Waals surface area contributed by atoms with Crippen molar-refractivity contribution in [3.05, 3.63) is 83.4 Å². The van der Waals surface area contributed by atoms with Crippen LogP contribution >= 0.6 is 0 Å². The quantitative estimate of drug-likeness (QED) is 0.575. The molecule has 2 N–H and O–H groups in total. The minimum absolute atomic E-state index is 0.0935. The Kier molecular flexibility index (Phi) is 6.19. The van der Waals surface area contributed by atoms with E-state index in [0.717, 1.165) is 6.07 Å². The molecule has 3 aromatic rings. The molecule has 0 saturated heterocycles. The lowest BCUT2D eigenvalue weighted by atomic mass is 10.1. The third kappa shape index (κ3) is 5.35. The van der Waals surface area contributed by atoms with Crippen molar-refractivity contribution in [3.8, 4) is 11.5 Å². The molecule has 0 fully saturated rings. The van der Waals surface area contributed by atoms with Crippen LogP contribution in [0.25, 0.3) is 0 Å². The number of rotatable bonds is 5. The number of carbonyl (C=O) groups is 2. The number of halogens is 4. The third-order valence-corrected chi connectivity index (χ3v) is 4.05. The number of hydrogen-bond acceptors (Lipinski definition) is 4. The standard InChI is InChI=1S/C21H15F4N3O3/c1-26-20(30)18-11-15(7-8-27-18)31-14-4-2-3-12(9-14)19(29)28-13-5-6-17(22)16(10-13)21(23,24)25/h2-11H,1H3,(H,26,30)(H,28,29). The summed E-state index contributed by atoms with van der Waals surface area (Å²) in [6.45, 7) is 0. The van der Waals surface area contributed by atoms with Gasteiger partial charge in [-0.25, -0.2) is 4.39 Å². The molecule has 3 rings (SSSR count). The molecule has 160 valence electrons. The fourth-order valence-electron chi connectivity index (χ4n) is 2.59. The Labute approximate surface area is 173 Å². The molecule has 31 heavy (non-hydrogen) atoms. The van der Waals surface area contributed by atoms with Crippen LogP contribution in [0.4, 0.5) is 23.2 Å². The average Bonchev–Trinajstić information content (AvgIpc) is 2.74. The normalized spacial score (nSPS) is 11.0. The minimum atomic E-state index is -4.89. The van der Waals surface area contributed by atoms with E-state index in [-0.39, 0.29) is 22.7 Å². The first-order valence-corrected chi connectivity index (χ1v) is 8.81. The highest BCUT2D eigenvalue weighted by atomic mass is 19.4. The molecule has 0 atom stereocenters. The van der Waals surface area contributed by atoms with E-state index in [9.17, 15) is 27.2 Å². The summed E-state index contributed by atoms with van der Waals surface area (Å²) in [5, 5.41) is 4.73. The number of carbonyl (C=O) groups excluding carboxylic acids is 2. The Hall–Kier alpha value is -3.95. The van der Waals surface area contributed by atoms with Gasteiger partial charge in [-0.2, -0.15) is 13.2 Å². The average molecular weight is 433 g/mol. The smallest absolute Gasteiger partial charge is 0.419 e. The van der Waals surface area contributed by atoms with Gasteiger partial charge in [0.1, 0.15) is 23.0 Å². The highest BCUT2D eigenvalue weighted by Gasteiger charge is 2.34. The Morgan fingerprint density at radius 2 is 1.71 bits per heavy atom. The second-order valence-corrected chi connectivity index (χ2v) is 6.23. The number of ether oxygens (including phenoxy) is 1. The summed E-state index contributed by atoms with van der Waals surface area (Å²) in [5.74, 6) is -2.02. The molecule has 1 aromatic heterocycles. The van der Waals surface area contributed by atoms with E-state index in [1.165, 1.54) is 43.6 Å². The number of alkyl halides is 3. The van der Waals surface area contributed by atoms with Gasteiger partial charge in [-0.15, -0.1) is 0 Å². The van der Waals surface area contributed by atoms with Gasteiger partial charge in [-0.1, -0.05) is 6.07 Å². The largest absolute Gasteiger partial charge is 0.457 e. The molecule has 10 heteroatoms. The van der Waals surface area contributed by atoms with Gasteiger partial charge in [0.15, 0.2) is 0 Å². The van der Waals surface area contributed by atoms with Crippen LogP contribution in [0, 0.1) is 5.82 Å². The van der Waals surface area contributed by atoms with Gasteiger partial charge in [-0.05, 0) is 42.5 Å². The summed E-state index contributed by atoms with van der Waals surface area (Å²) in [6.07, 6.45) is -3.51. The Bertz CT molecular complexity index is 1130. The van der Waals surface area contributed by atoms with Gasteiger partial charge in [0.2, 0.25) is 0 Å². The summed E-state index contributed by atoms with van der Waals surface area (Å²) in [5.41, 5.74) is -1.47. The predicted molar refractivity (Wildman–Crippen MR) is 103 cm³/mol. The van der Waals surface area contributed by atoms with E-state index in [4.69, 9.17) is 4.74 Å². The topological polar surface area (TPSA) is 80.3 Å². The van der Waals surface area contributed by atoms with E-state index < -0.39 is 29.4 Å². The maximum atomic E-state index is 13.4. The monoisotopic (exact) mass is 433 g/mol. The van der Waals surface area contributed by atoms with Crippen molar-refractivity contribution >= 4 is 17.5 Å². The predicted octanol–water partition coefficient (Wildman–Crippen LogP) is 4.64. The molecule has 0 spiro atoms. The van der Waals surface area contributed by atoms with Crippen LogP contribution < -0.4 is 15.4 Å². The molecular weight excluding hydrogens is 418 g/mol. The van der Waals surface area contributed by atoms with Crippen LogP contribution in [0.2, 0.25) is 0 Å². The van der Waals surface area contributed by atoms with Crippen molar-refractivity contribution < 1.29 is 31.9 Å². The number of anilines is 1. The number of nitrogens with one attached hydrogen (secondary N) is 2. The maximum Gasteiger partial charge on any atom is 0.419 e. The van der Waals surface area contributed by atoms with E-state index in [1.807, 2.05) is 0 Å². The molecule has 0 aliphatic rings. The zero-order chi connectivity index (χ0) is 22.6. The zero-order valence-electron chi connectivity index (χ0n) is 16.0. The summed E-state index contributed by atoms with van der Waals surface area (Å²) in [6, 6.07) is 10.9. The second kappa shape index (κ2) is 8.82. The van der Waals surface area contributed by atoms with Gasteiger partial charge >= 0.3 is 6.18 Å².